The SMILES string of the molecule is CCCOc1ccnc(NCC2(CCl)CCCCC2)n1. The van der Waals surface area contributed by atoms with Crippen LogP contribution < -0.4 is 10.1 Å². The predicted molar refractivity (Wildman–Crippen MR) is 82.5 cm³/mol. The number of nitrogens with one attached hydrogen (secondary N) is 1. The quantitative estimate of drug-likeness (QED) is 0.776. The molecular weight excluding hydrogens is 274 g/mol. The van der Waals surface area contributed by atoms with Crippen molar-refractivity contribution in [3.8, 4) is 5.88 Å². The van der Waals surface area contributed by atoms with Crippen LogP contribution in [0.2, 0.25) is 0 Å². The summed E-state index contributed by atoms with van der Waals surface area (Å²) >= 11 is 6.20. The summed E-state index contributed by atoms with van der Waals surface area (Å²) in [5.41, 5.74) is 0.198. The normalized spacial score (nSPS) is 17.7. The molecule has 2 rings (SSSR count). The van der Waals surface area contributed by atoms with E-state index in [9.17, 15) is 0 Å². The first kappa shape index (κ1) is 15.4. The van der Waals surface area contributed by atoms with Gasteiger partial charge in [-0.25, -0.2) is 4.98 Å². The molecule has 5 heteroatoms. The van der Waals surface area contributed by atoms with Gasteiger partial charge in [0, 0.05) is 30.1 Å². The molecule has 0 bridgehead atoms. The molecule has 1 fully saturated rings. The Hall–Kier alpha value is -1.03. The third-order valence-corrected chi connectivity index (χ3v) is 4.47. The lowest BCUT2D eigenvalue weighted by Gasteiger charge is -2.35. The Morgan fingerprint density at radius 3 is 2.85 bits per heavy atom. The summed E-state index contributed by atoms with van der Waals surface area (Å²) in [6.07, 6.45) is 8.96. The minimum Gasteiger partial charge on any atom is -0.478 e. The first-order chi connectivity index (χ1) is 9.78. The van der Waals surface area contributed by atoms with Crippen LogP contribution in [0.25, 0.3) is 0 Å². The number of aromatic nitrogens is 2. The maximum absolute atomic E-state index is 6.20. The molecule has 0 aromatic carbocycles. The van der Waals surface area contributed by atoms with Gasteiger partial charge in [-0.1, -0.05) is 26.2 Å². The van der Waals surface area contributed by atoms with Crippen molar-refractivity contribution in [2.45, 2.75) is 45.4 Å². The number of hydrogen-bond acceptors (Lipinski definition) is 4. The van der Waals surface area contributed by atoms with Crippen LogP contribution in [0, 0.1) is 5.41 Å². The Labute approximate surface area is 126 Å². The number of halogens is 1. The fourth-order valence-electron chi connectivity index (χ4n) is 2.64. The molecule has 1 heterocycles. The third kappa shape index (κ3) is 4.23. The van der Waals surface area contributed by atoms with Crippen LogP contribution in [-0.4, -0.2) is 29.0 Å². The van der Waals surface area contributed by atoms with Crippen LogP contribution >= 0.6 is 11.6 Å². The van der Waals surface area contributed by atoms with Crippen LogP contribution in [0.15, 0.2) is 12.3 Å². The van der Waals surface area contributed by atoms with Crippen molar-refractivity contribution in [3.63, 3.8) is 0 Å². The second-order valence-corrected chi connectivity index (χ2v) is 5.88. The summed E-state index contributed by atoms with van der Waals surface area (Å²) < 4.78 is 5.52. The standard InChI is InChI=1S/C15H24ClN3O/c1-2-10-20-13-6-9-17-14(19-13)18-12-15(11-16)7-4-3-5-8-15/h6,9H,2-5,7-8,10-12H2,1H3,(H,17,18,19). The van der Waals surface area contributed by atoms with Gasteiger partial charge in [-0.2, -0.15) is 4.98 Å². The van der Waals surface area contributed by atoms with Gasteiger partial charge in [0.2, 0.25) is 11.8 Å². The largest absolute Gasteiger partial charge is 0.478 e. The zero-order valence-electron chi connectivity index (χ0n) is 12.2. The average Bonchev–Trinajstić information content (AvgIpc) is 2.52. The molecule has 0 unspecified atom stereocenters. The van der Waals surface area contributed by atoms with Crippen molar-refractivity contribution in [2.75, 3.05) is 24.3 Å². The molecule has 1 aromatic heterocycles. The Morgan fingerprint density at radius 2 is 2.15 bits per heavy atom. The zero-order valence-corrected chi connectivity index (χ0v) is 13.0. The molecule has 1 aliphatic carbocycles. The molecule has 0 saturated heterocycles. The molecule has 0 amide bonds. The lowest BCUT2D eigenvalue weighted by molar-refractivity contribution is 0.237. The highest BCUT2D eigenvalue weighted by Crippen LogP contribution is 2.37. The van der Waals surface area contributed by atoms with Crippen molar-refractivity contribution in [3.05, 3.63) is 12.3 Å². The number of nitrogens with zero attached hydrogens (tertiary/aromatic N) is 2. The van der Waals surface area contributed by atoms with Gasteiger partial charge in [0.15, 0.2) is 0 Å². The Balaban J connectivity index is 1.92. The van der Waals surface area contributed by atoms with E-state index < -0.39 is 0 Å². The molecule has 0 spiro atoms. The van der Waals surface area contributed by atoms with Gasteiger partial charge >= 0.3 is 0 Å². The molecule has 4 nitrogen and oxygen atoms in total. The van der Waals surface area contributed by atoms with E-state index in [2.05, 4.69) is 22.2 Å². The first-order valence-corrected chi connectivity index (χ1v) is 8.07. The topological polar surface area (TPSA) is 47.0 Å². The van der Waals surface area contributed by atoms with E-state index >= 15 is 0 Å². The van der Waals surface area contributed by atoms with E-state index in [1.807, 2.05) is 0 Å². The van der Waals surface area contributed by atoms with Crippen LogP contribution in [0.1, 0.15) is 45.4 Å². The summed E-state index contributed by atoms with van der Waals surface area (Å²) in [7, 11) is 0. The minimum atomic E-state index is 0.198. The summed E-state index contributed by atoms with van der Waals surface area (Å²) in [6.45, 7) is 3.60. The Kier molecular flexibility index (Phi) is 5.89. The fraction of sp³-hybridized carbons (Fsp3) is 0.733. The van der Waals surface area contributed by atoms with E-state index in [-0.39, 0.29) is 5.41 Å². The molecule has 1 saturated carbocycles. The van der Waals surface area contributed by atoms with Gasteiger partial charge in [-0.05, 0) is 19.3 Å². The van der Waals surface area contributed by atoms with Crippen LogP contribution in [0.3, 0.4) is 0 Å². The molecule has 1 aliphatic rings. The monoisotopic (exact) mass is 297 g/mol. The molecular formula is C15H24ClN3O. The summed E-state index contributed by atoms with van der Waals surface area (Å²) in [5.74, 6) is 1.97. The van der Waals surface area contributed by atoms with E-state index in [0.717, 1.165) is 13.0 Å². The molecule has 0 aliphatic heterocycles. The van der Waals surface area contributed by atoms with Gasteiger partial charge in [-0.15, -0.1) is 11.6 Å². The van der Waals surface area contributed by atoms with Crippen molar-refractivity contribution < 1.29 is 4.74 Å². The van der Waals surface area contributed by atoms with Crippen molar-refractivity contribution in [2.24, 2.45) is 5.41 Å². The first-order valence-electron chi connectivity index (χ1n) is 7.54. The third-order valence-electron chi connectivity index (χ3n) is 3.90. The summed E-state index contributed by atoms with van der Waals surface area (Å²) in [5, 5.41) is 3.34. The van der Waals surface area contributed by atoms with Crippen LogP contribution in [0.5, 0.6) is 5.88 Å². The van der Waals surface area contributed by atoms with E-state index in [1.165, 1.54) is 32.1 Å². The average molecular weight is 298 g/mol. The van der Waals surface area contributed by atoms with Crippen molar-refractivity contribution in [1.29, 1.82) is 0 Å². The number of ether oxygens (including phenoxy) is 1. The lowest BCUT2D eigenvalue weighted by atomic mass is 9.75. The Morgan fingerprint density at radius 1 is 1.35 bits per heavy atom. The van der Waals surface area contributed by atoms with Crippen molar-refractivity contribution >= 4 is 17.5 Å². The van der Waals surface area contributed by atoms with E-state index in [0.29, 0.717) is 24.3 Å². The maximum Gasteiger partial charge on any atom is 0.225 e. The Bertz CT molecular complexity index is 408. The number of anilines is 1. The number of alkyl halides is 1. The number of rotatable bonds is 7. The highest BCUT2D eigenvalue weighted by atomic mass is 35.5. The molecule has 0 radical (unpaired) electrons. The van der Waals surface area contributed by atoms with Gasteiger partial charge < -0.3 is 10.1 Å². The summed E-state index contributed by atoms with van der Waals surface area (Å²) in [6, 6.07) is 1.79. The fourth-order valence-corrected chi connectivity index (χ4v) is 3.00. The zero-order chi connectivity index (χ0) is 14.3. The van der Waals surface area contributed by atoms with Gasteiger partial charge in [0.1, 0.15) is 0 Å². The van der Waals surface area contributed by atoms with E-state index in [1.54, 1.807) is 12.3 Å². The highest BCUT2D eigenvalue weighted by molar-refractivity contribution is 6.18. The lowest BCUT2D eigenvalue weighted by Crippen LogP contribution is -2.34. The maximum atomic E-state index is 6.20. The molecule has 20 heavy (non-hydrogen) atoms. The molecule has 1 aromatic rings. The molecule has 112 valence electrons. The van der Waals surface area contributed by atoms with Gasteiger partial charge in [0.25, 0.3) is 0 Å². The van der Waals surface area contributed by atoms with Gasteiger partial charge in [-0.3, -0.25) is 0 Å². The van der Waals surface area contributed by atoms with Crippen LogP contribution in [-0.2, 0) is 0 Å². The second-order valence-electron chi connectivity index (χ2n) is 5.61. The second kappa shape index (κ2) is 7.67. The van der Waals surface area contributed by atoms with E-state index in [4.69, 9.17) is 16.3 Å². The van der Waals surface area contributed by atoms with Crippen molar-refractivity contribution in [1.82, 2.24) is 9.97 Å². The molecule has 1 N–H and O–H groups in total. The molecule has 0 atom stereocenters. The predicted octanol–water partition coefficient (Wildman–Crippen LogP) is 3.87. The summed E-state index contributed by atoms with van der Waals surface area (Å²) in [4.78, 5) is 8.62. The van der Waals surface area contributed by atoms with Gasteiger partial charge in [0.05, 0.1) is 6.61 Å². The highest BCUT2D eigenvalue weighted by Gasteiger charge is 2.31. The van der Waals surface area contributed by atoms with Crippen LogP contribution in [0.4, 0.5) is 5.95 Å². The minimum absolute atomic E-state index is 0.198. The smallest absolute Gasteiger partial charge is 0.225 e. The number of hydrogen-bond donors (Lipinski definition) is 1.